The molecule has 0 fully saturated rings. The standard InChI is InChI=1S/C16H17NO5/c1-4-5-10(17-20)9-8-13(21-2)14-11(18)6-7-12(19)15(14)16(9)22-3/h6-8,20H,4-5H2,1-3H3/b17-10-. The van der Waals surface area contributed by atoms with E-state index >= 15 is 0 Å². The summed E-state index contributed by atoms with van der Waals surface area (Å²) in [4.78, 5) is 24.3. The zero-order valence-electron chi connectivity index (χ0n) is 12.7. The number of carbonyl (C=O) groups is 2. The summed E-state index contributed by atoms with van der Waals surface area (Å²) in [6.07, 6.45) is 3.65. The number of nitrogens with zero attached hydrogens (tertiary/aromatic N) is 1. The Labute approximate surface area is 128 Å². The second-order valence-corrected chi connectivity index (χ2v) is 4.77. The van der Waals surface area contributed by atoms with Gasteiger partial charge in [-0.2, -0.15) is 0 Å². The van der Waals surface area contributed by atoms with Crippen LogP contribution in [0.25, 0.3) is 0 Å². The van der Waals surface area contributed by atoms with Gasteiger partial charge in [0.05, 0.1) is 31.1 Å². The molecule has 22 heavy (non-hydrogen) atoms. The molecule has 1 aliphatic rings. The van der Waals surface area contributed by atoms with Crippen molar-refractivity contribution in [3.63, 3.8) is 0 Å². The van der Waals surface area contributed by atoms with Gasteiger partial charge in [-0.1, -0.05) is 18.5 Å². The second kappa shape index (κ2) is 6.43. The third-order valence-electron chi connectivity index (χ3n) is 3.46. The molecule has 6 nitrogen and oxygen atoms in total. The number of benzene rings is 1. The molecule has 0 amide bonds. The molecule has 6 heteroatoms. The number of hydrogen-bond donors (Lipinski definition) is 1. The number of ketones is 2. The van der Waals surface area contributed by atoms with Gasteiger partial charge in [0.2, 0.25) is 0 Å². The highest BCUT2D eigenvalue weighted by molar-refractivity contribution is 6.25. The molecule has 0 heterocycles. The molecular formula is C16H17NO5. The monoisotopic (exact) mass is 303 g/mol. The Morgan fingerprint density at radius 2 is 1.77 bits per heavy atom. The lowest BCUT2D eigenvalue weighted by Crippen LogP contribution is -2.17. The van der Waals surface area contributed by atoms with Crippen molar-refractivity contribution in [3.05, 3.63) is 34.9 Å². The van der Waals surface area contributed by atoms with E-state index in [1.165, 1.54) is 26.4 Å². The van der Waals surface area contributed by atoms with E-state index in [4.69, 9.17) is 9.47 Å². The molecule has 0 radical (unpaired) electrons. The van der Waals surface area contributed by atoms with Crippen molar-refractivity contribution in [2.24, 2.45) is 5.16 Å². The average Bonchev–Trinajstić information content (AvgIpc) is 2.54. The molecule has 1 aromatic carbocycles. The summed E-state index contributed by atoms with van der Waals surface area (Å²) in [5, 5.41) is 12.5. The number of methoxy groups -OCH3 is 2. The van der Waals surface area contributed by atoms with Crippen LogP contribution < -0.4 is 9.47 Å². The van der Waals surface area contributed by atoms with Gasteiger partial charge in [-0.15, -0.1) is 0 Å². The van der Waals surface area contributed by atoms with Crippen LogP contribution in [0.3, 0.4) is 0 Å². The van der Waals surface area contributed by atoms with Crippen LogP contribution in [0.4, 0.5) is 0 Å². The van der Waals surface area contributed by atoms with Gasteiger partial charge in [-0.3, -0.25) is 9.59 Å². The van der Waals surface area contributed by atoms with E-state index in [9.17, 15) is 14.8 Å². The summed E-state index contributed by atoms with van der Waals surface area (Å²) < 4.78 is 10.6. The minimum absolute atomic E-state index is 0.140. The first-order valence-corrected chi connectivity index (χ1v) is 6.86. The van der Waals surface area contributed by atoms with Crippen molar-refractivity contribution < 1.29 is 24.3 Å². The zero-order chi connectivity index (χ0) is 16.3. The number of oxime groups is 1. The lowest BCUT2D eigenvalue weighted by molar-refractivity contribution is 0.0989. The molecule has 0 bridgehead atoms. The van der Waals surface area contributed by atoms with E-state index < -0.39 is 0 Å². The molecule has 1 aliphatic carbocycles. The first-order valence-electron chi connectivity index (χ1n) is 6.86. The van der Waals surface area contributed by atoms with Gasteiger partial charge >= 0.3 is 0 Å². The van der Waals surface area contributed by atoms with Crippen molar-refractivity contribution >= 4 is 17.3 Å². The summed E-state index contributed by atoms with van der Waals surface area (Å²) in [5.41, 5.74) is 1.13. The van der Waals surface area contributed by atoms with Gasteiger partial charge < -0.3 is 14.7 Å². The van der Waals surface area contributed by atoms with Crippen molar-refractivity contribution in [1.29, 1.82) is 0 Å². The fourth-order valence-electron chi connectivity index (χ4n) is 2.50. The molecule has 0 saturated carbocycles. The van der Waals surface area contributed by atoms with Crippen LogP contribution in [0, 0.1) is 0 Å². The third-order valence-corrected chi connectivity index (χ3v) is 3.46. The SMILES string of the molecule is CCC/C(=N/O)c1cc(OC)c2c(c1OC)C(=O)C=CC2=O. The molecule has 0 atom stereocenters. The van der Waals surface area contributed by atoms with Crippen LogP contribution in [0.2, 0.25) is 0 Å². The lowest BCUT2D eigenvalue weighted by atomic mass is 9.89. The average molecular weight is 303 g/mol. The molecule has 1 N–H and O–H groups in total. The maximum atomic E-state index is 12.2. The molecule has 0 unspecified atom stereocenters. The summed E-state index contributed by atoms with van der Waals surface area (Å²) in [6.45, 7) is 1.94. The number of hydrogen-bond acceptors (Lipinski definition) is 6. The van der Waals surface area contributed by atoms with Crippen LogP contribution in [-0.4, -0.2) is 36.7 Å². The second-order valence-electron chi connectivity index (χ2n) is 4.77. The molecule has 0 spiro atoms. The summed E-state index contributed by atoms with van der Waals surface area (Å²) in [5.74, 6) is -0.194. The van der Waals surface area contributed by atoms with E-state index in [1.54, 1.807) is 6.07 Å². The number of ether oxygens (including phenoxy) is 2. The van der Waals surface area contributed by atoms with Crippen molar-refractivity contribution in [2.45, 2.75) is 19.8 Å². The van der Waals surface area contributed by atoms with Crippen LogP contribution in [0.5, 0.6) is 11.5 Å². The third kappa shape index (κ3) is 2.47. The van der Waals surface area contributed by atoms with E-state index in [2.05, 4.69) is 5.16 Å². The van der Waals surface area contributed by atoms with Crippen LogP contribution in [0.15, 0.2) is 23.4 Å². The first-order chi connectivity index (χ1) is 10.6. The van der Waals surface area contributed by atoms with Crippen LogP contribution in [-0.2, 0) is 0 Å². The quantitative estimate of drug-likeness (QED) is 0.513. The number of allylic oxidation sites excluding steroid dienone is 2. The van der Waals surface area contributed by atoms with Gasteiger partial charge in [0.1, 0.15) is 11.5 Å². The topological polar surface area (TPSA) is 85.2 Å². The van der Waals surface area contributed by atoms with E-state index in [0.717, 1.165) is 6.42 Å². The van der Waals surface area contributed by atoms with Crippen molar-refractivity contribution in [2.75, 3.05) is 14.2 Å². The van der Waals surface area contributed by atoms with E-state index in [0.29, 0.717) is 17.7 Å². The Morgan fingerprint density at radius 1 is 1.14 bits per heavy atom. The minimum Gasteiger partial charge on any atom is -0.496 e. The number of rotatable bonds is 5. The van der Waals surface area contributed by atoms with E-state index in [-0.39, 0.29) is 34.2 Å². The predicted octanol–water partition coefficient (Wildman–Crippen LogP) is 2.62. The van der Waals surface area contributed by atoms with Gasteiger partial charge in [-0.25, -0.2) is 0 Å². The van der Waals surface area contributed by atoms with Crippen LogP contribution in [0.1, 0.15) is 46.0 Å². The Kier molecular flexibility index (Phi) is 4.60. The largest absolute Gasteiger partial charge is 0.496 e. The Morgan fingerprint density at radius 3 is 2.27 bits per heavy atom. The Bertz CT molecular complexity index is 688. The smallest absolute Gasteiger partial charge is 0.190 e. The van der Waals surface area contributed by atoms with Gasteiger partial charge in [0.25, 0.3) is 0 Å². The summed E-state index contributed by atoms with van der Waals surface area (Å²) in [6, 6.07) is 1.56. The summed E-state index contributed by atoms with van der Waals surface area (Å²) in [7, 11) is 2.82. The molecule has 1 aromatic rings. The van der Waals surface area contributed by atoms with Gasteiger partial charge in [0.15, 0.2) is 11.6 Å². The predicted molar refractivity (Wildman–Crippen MR) is 80.6 cm³/mol. The van der Waals surface area contributed by atoms with Crippen molar-refractivity contribution in [3.8, 4) is 11.5 Å². The number of fused-ring (bicyclic) bond motifs is 1. The molecule has 0 aromatic heterocycles. The number of carbonyl (C=O) groups excluding carboxylic acids is 2. The first kappa shape index (κ1) is 15.8. The Hall–Kier alpha value is -2.63. The molecule has 0 aliphatic heterocycles. The maximum absolute atomic E-state index is 12.2. The molecule has 116 valence electrons. The normalized spacial score (nSPS) is 14.0. The maximum Gasteiger partial charge on any atom is 0.190 e. The van der Waals surface area contributed by atoms with Gasteiger partial charge in [0, 0.05) is 5.56 Å². The van der Waals surface area contributed by atoms with Crippen molar-refractivity contribution in [1.82, 2.24) is 0 Å². The summed E-state index contributed by atoms with van der Waals surface area (Å²) >= 11 is 0. The fraction of sp³-hybridized carbons (Fsp3) is 0.312. The zero-order valence-corrected chi connectivity index (χ0v) is 12.7. The molecular weight excluding hydrogens is 286 g/mol. The van der Waals surface area contributed by atoms with E-state index in [1.807, 2.05) is 6.92 Å². The molecule has 0 saturated heterocycles. The minimum atomic E-state index is -0.347. The Balaban J connectivity index is 2.81. The highest BCUT2D eigenvalue weighted by Crippen LogP contribution is 2.38. The fourth-order valence-corrected chi connectivity index (χ4v) is 2.50. The highest BCUT2D eigenvalue weighted by atomic mass is 16.5. The van der Waals surface area contributed by atoms with Gasteiger partial charge in [-0.05, 0) is 24.6 Å². The highest BCUT2D eigenvalue weighted by Gasteiger charge is 2.30. The lowest BCUT2D eigenvalue weighted by Gasteiger charge is -2.20. The molecule has 2 rings (SSSR count). The van der Waals surface area contributed by atoms with Crippen LogP contribution >= 0.6 is 0 Å².